The number of morpholine rings is 1. The van der Waals surface area contributed by atoms with Gasteiger partial charge >= 0.3 is 0 Å². The summed E-state index contributed by atoms with van der Waals surface area (Å²) in [5.41, 5.74) is 0.671. The molecule has 8 heteroatoms. The second kappa shape index (κ2) is 9.51. The van der Waals surface area contributed by atoms with Gasteiger partial charge < -0.3 is 10.1 Å². The van der Waals surface area contributed by atoms with E-state index in [4.69, 9.17) is 16.3 Å². The summed E-state index contributed by atoms with van der Waals surface area (Å²) in [5, 5.41) is 7.91. The van der Waals surface area contributed by atoms with Gasteiger partial charge in [0.05, 0.1) is 23.9 Å². The number of ether oxygens (including phenoxy) is 1. The first-order valence-electron chi connectivity index (χ1n) is 11.0. The highest BCUT2D eigenvalue weighted by Crippen LogP contribution is 2.34. The fourth-order valence-corrected chi connectivity index (χ4v) is 4.97. The molecule has 2 heterocycles. The predicted octanol–water partition coefficient (Wildman–Crippen LogP) is 2.96. The Labute approximate surface area is 187 Å². The highest BCUT2D eigenvalue weighted by molar-refractivity contribution is 6.32. The third-order valence-corrected chi connectivity index (χ3v) is 6.77. The van der Waals surface area contributed by atoms with Crippen LogP contribution in [0.2, 0.25) is 5.02 Å². The van der Waals surface area contributed by atoms with Gasteiger partial charge in [0.2, 0.25) is 5.43 Å². The lowest BCUT2D eigenvalue weighted by molar-refractivity contribution is -0.0361. The minimum Gasteiger partial charge on any atom is -0.379 e. The molecule has 1 aromatic carbocycles. The van der Waals surface area contributed by atoms with Crippen LogP contribution in [0.15, 0.2) is 35.1 Å². The van der Waals surface area contributed by atoms with E-state index in [1.54, 1.807) is 17.7 Å². The molecule has 7 nitrogen and oxygen atoms in total. The van der Waals surface area contributed by atoms with Gasteiger partial charge in [0.1, 0.15) is 0 Å². The molecule has 1 amide bonds. The van der Waals surface area contributed by atoms with Crippen molar-refractivity contribution in [2.24, 2.45) is 0 Å². The van der Waals surface area contributed by atoms with Crippen molar-refractivity contribution in [2.45, 2.75) is 44.6 Å². The van der Waals surface area contributed by atoms with Crippen molar-refractivity contribution < 1.29 is 9.53 Å². The molecule has 1 N–H and O–H groups in total. The van der Waals surface area contributed by atoms with Crippen molar-refractivity contribution in [1.82, 2.24) is 20.0 Å². The average Bonchev–Trinajstić information content (AvgIpc) is 2.79. The minimum atomic E-state index is -0.441. The molecule has 2 fully saturated rings. The summed E-state index contributed by atoms with van der Waals surface area (Å²) < 4.78 is 7.08. The van der Waals surface area contributed by atoms with Crippen LogP contribution in [0, 0.1) is 6.92 Å². The predicted molar refractivity (Wildman–Crippen MR) is 120 cm³/mol. The van der Waals surface area contributed by atoms with Crippen LogP contribution in [0.25, 0.3) is 5.69 Å². The summed E-state index contributed by atoms with van der Waals surface area (Å²) >= 11 is 6.31. The van der Waals surface area contributed by atoms with E-state index in [0.29, 0.717) is 22.9 Å². The van der Waals surface area contributed by atoms with Crippen LogP contribution < -0.4 is 10.7 Å². The van der Waals surface area contributed by atoms with E-state index in [2.05, 4.69) is 15.3 Å². The summed E-state index contributed by atoms with van der Waals surface area (Å²) in [6.45, 7) is 5.47. The van der Waals surface area contributed by atoms with Crippen LogP contribution in [-0.2, 0) is 4.74 Å². The van der Waals surface area contributed by atoms with Gasteiger partial charge in [-0.05, 0) is 31.9 Å². The highest BCUT2D eigenvalue weighted by Gasteiger charge is 2.39. The highest BCUT2D eigenvalue weighted by atomic mass is 35.5. The van der Waals surface area contributed by atoms with Gasteiger partial charge in [-0.2, -0.15) is 5.10 Å². The zero-order valence-corrected chi connectivity index (χ0v) is 18.7. The summed E-state index contributed by atoms with van der Waals surface area (Å²) in [6.07, 6.45) is 5.60. The number of aromatic nitrogens is 2. The molecule has 166 valence electrons. The maximum Gasteiger partial charge on any atom is 0.275 e. The SMILES string of the molecule is Cc1cc(=O)c(C(=O)NCC2(N3CCOCC3)CCCCC2)nn1-c1ccccc1Cl. The summed E-state index contributed by atoms with van der Waals surface area (Å²) in [4.78, 5) is 28.1. The number of halogens is 1. The lowest BCUT2D eigenvalue weighted by atomic mass is 9.79. The number of carbonyl (C=O) groups is 1. The quantitative estimate of drug-likeness (QED) is 0.767. The molecule has 31 heavy (non-hydrogen) atoms. The van der Waals surface area contributed by atoms with E-state index in [9.17, 15) is 9.59 Å². The standard InChI is InChI=1S/C23H29ClN4O3/c1-17-15-20(29)21(26-28(17)19-8-4-3-7-18(19)24)22(30)25-16-23(9-5-2-6-10-23)27-11-13-31-14-12-27/h3-4,7-8,15H,2,5-6,9-14,16H2,1H3,(H,25,30). The summed E-state index contributed by atoms with van der Waals surface area (Å²) in [5.74, 6) is -0.441. The number of benzene rings is 1. The summed E-state index contributed by atoms with van der Waals surface area (Å²) in [6, 6.07) is 8.67. The Hall–Kier alpha value is -2.22. The van der Waals surface area contributed by atoms with E-state index in [0.717, 1.165) is 52.0 Å². The third-order valence-electron chi connectivity index (χ3n) is 6.45. The van der Waals surface area contributed by atoms with E-state index >= 15 is 0 Å². The Balaban J connectivity index is 1.57. The smallest absolute Gasteiger partial charge is 0.275 e. The zero-order valence-electron chi connectivity index (χ0n) is 17.9. The molecule has 1 saturated carbocycles. The molecule has 1 aromatic heterocycles. The number of amides is 1. The Morgan fingerprint density at radius 1 is 1.19 bits per heavy atom. The van der Waals surface area contributed by atoms with E-state index in [1.807, 2.05) is 18.2 Å². The van der Waals surface area contributed by atoms with Crippen molar-refractivity contribution in [1.29, 1.82) is 0 Å². The molecular weight excluding hydrogens is 416 g/mol. The van der Waals surface area contributed by atoms with Crippen molar-refractivity contribution in [3.63, 3.8) is 0 Å². The van der Waals surface area contributed by atoms with Gasteiger partial charge in [-0.15, -0.1) is 0 Å². The Morgan fingerprint density at radius 3 is 2.61 bits per heavy atom. The monoisotopic (exact) mass is 444 g/mol. The largest absolute Gasteiger partial charge is 0.379 e. The van der Waals surface area contributed by atoms with Crippen molar-refractivity contribution in [3.05, 3.63) is 57.0 Å². The molecule has 0 bridgehead atoms. The van der Waals surface area contributed by atoms with E-state index in [-0.39, 0.29) is 16.7 Å². The molecule has 1 aliphatic heterocycles. The average molecular weight is 445 g/mol. The van der Waals surface area contributed by atoms with E-state index in [1.165, 1.54) is 12.5 Å². The number of rotatable bonds is 5. The first-order valence-corrected chi connectivity index (χ1v) is 11.3. The minimum absolute atomic E-state index is 0.0792. The lowest BCUT2D eigenvalue weighted by Gasteiger charge is -2.48. The lowest BCUT2D eigenvalue weighted by Crippen LogP contribution is -2.59. The fraction of sp³-hybridized carbons (Fsp3) is 0.522. The first-order chi connectivity index (χ1) is 15.0. The number of hydrogen-bond donors (Lipinski definition) is 1. The molecular formula is C23H29ClN4O3. The molecule has 2 aliphatic rings. The number of hydrogen-bond acceptors (Lipinski definition) is 5. The topological polar surface area (TPSA) is 76.5 Å². The Morgan fingerprint density at radius 2 is 1.90 bits per heavy atom. The second-order valence-electron chi connectivity index (χ2n) is 8.43. The molecule has 0 atom stereocenters. The number of aryl methyl sites for hydroxylation is 1. The normalized spacial score (nSPS) is 19.2. The van der Waals surface area contributed by atoms with Crippen LogP contribution in [-0.4, -0.2) is 59.0 Å². The van der Waals surface area contributed by atoms with Crippen LogP contribution in [0.5, 0.6) is 0 Å². The molecule has 1 saturated heterocycles. The van der Waals surface area contributed by atoms with Crippen molar-refractivity contribution >= 4 is 17.5 Å². The van der Waals surface area contributed by atoms with Gasteiger partial charge in [0.15, 0.2) is 5.69 Å². The second-order valence-corrected chi connectivity index (χ2v) is 8.84. The van der Waals surface area contributed by atoms with Gasteiger partial charge in [-0.1, -0.05) is 43.0 Å². The molecule has 0 unspecified atom stereocenters. The van der Waals surface area contributed by atoms with Gasteiger partial charge in [0.25, 0.3) is 5.91 Å². The van der Waals surface area contributed by atoms with Crippen LogP contribution in [0.3, 0.4) is 0 Å². The third kappa shape index (κ3) is 4.68. The van der Waals surface area contributed by atoms with Gasteiger partial charge in [0, 0.05) is 36.9 Å². The molecule has 4 rings (SSSR count). The van der Waals surface area contributed by atoms with Crippen LogP contribution in [0.4, 0.5) is 0 Å². The maximum absolute atomic E-state index is 13.0. The molecule has 0 spiro atoms. The Kier molecular flexibility index (Phi) is 6.74. The van der Waals surface area contributed by atoms with Crippen molar-refractivity contribution in [2.75, 3.05) is 32.8 Å². The molecule has 0 radical (unpaired) electrons. The van der Waals surface area contributed by atoms with E-state index < -0.39 is 5.91 Å². The number of carbonyl (C=O) groups excluding carboxylic acids is 1. The zero-order chi connectivity index (χ0) is 21.8. The first kappa shape index (κ1) is 22.0. The molecule has 2 aromatic rings. The van der Waals surface area contributed by atoms with Crippen molar-refractivity contribution in [3.8, 4) is 5.69 Å². The number of para-hydroxylation sites is 1. The molecule has 1 aliphatic carbocycles. The maximum atomic E-state index is 13.0. The van der Waals surface area contributed by atoms with Crippen LogP contribution in [0.1, 0.15) is 48.3 Å². The summed E-state index contributed by atoms with van der Waals surface area (Å²) in [7, 11) is 0. The van der Waals surface area contributed by atoms with Crippen LogP contribution >= 0.6 is 11.6 Å². The number of nitrogens with zero attached hydrogens (tertiary/aromatic N) is 3. The van der Waals surface area contributed by atoms with Gasteiger partial charge in [-0.3, -0.25) is 14.5 Å². The number of nitrogens with one attached hydrogen (secondary N) is 1. The Bertz CT molecular complexity index is 995. The fourth-order valence-electron chi connectivity index (χ4n) is 4.75. The van der Waals surface area contributed by atoms with Gasteiger partial charge in [-0.25, -0.2) is 4.68 Å².